The molecule has 0 spiro atoms. The largest absolute Gasteiger partial charge is 0.368 e. The Hall–Kier alpha value is -3.46. The van der Waals surface area contributed by atoms with Gasteiger partial charge in [0.25, 0.3) is 0 Å². The van der Waals surface area contributed by atoms with Gasteiger partial charge in [0.15, 0.2) is 11.5 Å². The Morgan fingerprint density at radius 1 is 1.09 bits per heavy atom. The van der Waals surface area contributed by atoms with Crippen LogP contribution in [0.1, 0.15) is 42.9 Å². The number of nitroso groups, excluding NO2 is 1. The third-order valence-corrected chi connectivity index (χ3v) is 6.75. The van der Waals surface area contributed by atoms with Crippen molar-refractivity contribution < 1.29 is 0 Å². The standard InChI is InChI=1S/C23H24N8O/c1-15(29-32)19-4-5-21-26-27-22(31(21)28-19)23(6-7-23)17-2-3-20-16(12-17)13-18(14-25-20)30-10-8-24-9-11-30/h2-5,12-15,24H,6-11H2,1H3. The summed E-state index contributed by atoms with van der Waals surface area (Å²) in [5.41, 5.74) is 4.43. The molecule has 0 bridgehead atoms. The molecule has 1 aliphatic carbocycles. The molecule has 162 valence electrons. The number of nitrogens with one attached hydrogen (secondary N) is 1. The van der Waals surface area contributed by atoms with E-state index in [9.17, 15) is 4.91 Å². The van der Waals surface area contributed by atoms with E-state index in [1.165, 1.54) is 5.56 Å². The maximum absolute atomic E-state index is 11.0. The lowest BCUT2D eigenvalue weighted by Crippen LogP contribution is -2.43. The predicted molar refractivity (Wildman–Crippen MR) is 122 cm³/mol. The zero-order valence-corrected chi connectivity index (χ0v) is 17.9. The minimum atomic E-state index is -0.514. The van der Waals surface area contributed by atoms with Crippen molar-refractivity contribution in [2.75, 3.05) is 31.1 Å². The Labute approximate surface area is 184 Å². The number of fused-ring (bicyclic) bond motifs is 2. The molecule has 1 unspecified atom stereocenters. The summed E-state index contributed by atoms with van der Waals surface area (Å²) in [4.78, 5) is 18.1. The number of piperazine rings is 1. The number of nitrogens with zero attached hydrogens (tertiary/aromatic N) is 7. The topological polar surface area (TPSA) is 101 Å². The lowest BCUT2D eigenvalue weighted by molar-refractivity contribution is 0.589. The summed E-state index contributed by atoms with van der Waals surface area (Å²) in [6.07, 6.45) is 3.94. The van der Waals surface area contributed by atoms with Crippen LogP contribution in [-0.4, -0.2) is 51.0 Å². The molecule has 4 aromatic rings. The van der Waals surface area contributed by atoms with Crippen LogP contribution in [0.5, 0.6) is 0 Å². The van der Waals surface area contributed by atoms with Gasteiger partial charge in [0.05, 0.1) is 28.5 Å². The number of benzene rings is 1. The predicted octanol–water partition coefficient (Wildman–Crippen LogP) is 2.99. The molecule has 1 aliphatic heterocycles. The average molecular weight is 429 g/mol. The van der Waals surface area contributed by atoms with Gasteiger partial charge < -0.3 is 10.2 Å². The van der Waals surface area contributed by atoms with Gasteiger partial charge >= 0.3 is 0 Å². The van der Waals surface area contributed by atoms with E-state index in [1.54, 1.807) is 17.5 Å². The van der Waals surface area contributed by atoms with Crippen LogP contribution in [0.2, 0.25) is 0 Å². The monoisotopic (exact) mass is 428 g/mol. The minimum absolute atomic E-state index is 0.220. The molecule has 1 atom stereocenters. The number of rotatable bonds is 5. The fourth-order valence-electron chi connectivity index (χ4n) is 4.66. The number of hydrogen-bond donors (Lipinski definition) is 1. The van der Waals surface area contributed by atoms with Crippen LogP contribution in [0.25, 0.3) is 16.6 Å². The van der Waals surface area contributed by atoms with Gasteiger partial charge in [0.1, 0.15) is 6.04 Å². The quantitative estimate of drug-likeness (QED) is 0.488. The highest BCUT2D eigenvalue weighted by Gasteiger charge is 2.50. The third-order valence-electron chi connectivity index (χ3n) is 6.75. The van der Waals surface area contributed by atoms with Crippen LogP contribution in [0, 0.1) is 4.91 Å². The summed E-state index contributed by atoms with van der Waals surface area (Å²) in [6, 6.07) is 11.8. The molecule has 1 saturated heterocycles. The van der Waals surface area contributed by atoms with Gasteiger partial charge in [-0.1, -0.05) is 11.2 Å². The van der Waals surface area contributed by atoms with Crippen LogP contribution < -0.4 is 10.2 Å². The molecule has 9 nitrogen and oxygen atoms in total. The molecule has 2 aliphatic rings. The van der Waals surface area contributed by atoms with Crippen molar-refractivity contribution in [3.8, 4) is 0 Å². The zero-order chi connectivity index (χ0) is 21.7. The first-order chi connectivity index (χ1) is 15.7. The second-order valence-corrected chi connectivity index (χ2v) is 8.75. The van der Waals surface area contributed by atoms with Crippen molar-refractivity contribution in [1.82, 2.24) is 30.1 Å². The SMILES string of the molecule is CC(N=O)c1ccc2nnc(C3(c4ccc5ncc(N6CCNCC6)cc5c4)CC3)n2n1. The first kappa shape index (κ1) is 19.2. The average Bonchev–Trinajstić information content (AvgIpc) is 3.55. The lowest BCUT2D eigenvalue weighted by Gasteiger charge is -2.29. The number of aromatic nitrogens is 5. The van der Waals surface area contributed by atoms with Crippen molar-refractivity contribution in [2.24, 2.45) is 5.18 Å². The zero-order valence-electron chi connectivity index (χ0n) is 17.9. The normalized spacial score (nSPS) is 18.7. The minimum Gasteiger partial charge on any atom is -0.368 e. The van der Waals surface area contributed by atoms with E-state index in [0.29, 0.717) is 11.3 Å². The van der Waals surface area contributed by atoms with Crippen molar-refractivity contribution in [1.29, 1.82) is 0 Å². The van der Waals surface area contributed by atoms with Crippen LogP contribution in [0.3, 0.4) is 0 Å². The Morgan fingerprint density at radius 2 is 1.94 bits per heavy atom. The van der Waals surface area contributed by atoms with Crippen LogP contribution in [0.4, 0.5) is 5.69 Å². The van der Waals surface area contributed by atoms with E-state index in [1.807, 2.05) is 12.3 Å². The van der Waals surface area contributed by atoms with Crippen LogP contribution in [0.15, 0.2) is 47.8 Å². The number of pyridine rings is 1. The van der Waals surface area contributed by atoms with Crippen molar-refractivity contribution in [3.05, 3.63) is 64.6 Å². The second-order valence-electron chi connectivity index (χ2n) is 8.75. The molecule has 1 N–H and O–H groups in total. The maximum atomic E-state index is 11.0. The molecular formula is C23H24N8O. The smallest absolute Gasteiger partial charge is 0.177 e. The van der Waals surface area contributed by atoms with E-state index in [0.717, 1.165) is 61.4 Å². The molecule has 2 fully saturated rings. The Kier molecular flexibility index (Phi) is 4.39. The van der Waals surface area contributed by atoms with Crippen molar-refractivity contribution in [2.45, 2.75) is 31.2 Å². The summed E-state index contributed by atoms with van der Waals surface area (Å²) in [5, 5.41) is 21.1. The van der Waals surface area contributed by atoms with E-state index in [-0.39, 0.29) is 5.41 Å². The summed E-state index contributed by atoms with van der Waals surface area (Å²) < 4.78 is 1.78. The lowest BCUT2D eigenvalue weighted by atomic mass is 9.93. The van der Waals surface area contributed by atoms with Gasteiger partial charge in [0, 0.05) is 31.6 Å². The number of anilines is 1. The highest BCUT2D eigenvalue weighted by atomic mass is 16.3. The Bertz CT molecular complexity index is 1320. The van der Waals surface area contributed by atoms with Gasteiger partial charge in [0.2, 0.25) is 0 Å². The first-order valence-corrected chi connectivity index (χ1v) is 11.1. The number of hydrogen-bond acceptors (Lipinski definition) is 8. The second kappa shape index (κ2) is 7.30. The fourth-order valence-corrected chi connectivity index (χ4v) is 4.66. The van der Waals surface area contributed by atoms with Crippen LogP contribution >= 0.6 is 0 Å². The molecule has 6 rings (SSSR count). The molecule has 3 aromatic heterocycles. The van der Waals surface area contributed by atoms with Gasteiger partial charge in [-0.25, -0.2) is 0 Å². The van der Waals surface area contributed by atoms with E-state index in [2.05, 4.69) is 55.0 Å². The molecule has 1 saturated carbocycles. The fraction of sp³-hybridized carbons (Fsp3) is 0.391. The molecule has 32 heavy (non-hydrogen) atoms. The first-order valence-electron chi connectivity index (χ1n) is 11.1. The summed E-state index contributed by atoms with van der Waals surface area (Å²) in [6.45, 7) is 5.71. The molecular weight excluding hydrogens is 404 g/mol. The third kappa shape index (κ3) is 3.03. The summed E-state index contributed by atoms with van der Waals surface area (Å²) in [7, 11) is 0. The summed E-state index contributed by atoms with van der Waals surface area (Å²) >= 11 is 0. The van der Waals surface area contributed by atoms with E-state index in [4.69, 9.17) is 4.98 Å². The van der Waals surface area contributed by atoms with Crippen LogP contribution in [-0.2, 0) is 5.41 Å². The maximum Gasteiger partial charge on any atom is 0.177 e. The molecule has 4 heterocycles. The molecule has 0 radical (unpaired) electrons. The van der Waals surface area contributed by atoms with Crippen molar-refractivity contribution >= 4 is 22.2 Å². The van der Waals surface area contributed by atoms with Gasteiger partial charge in [-0.15, -0.1) is 10.2 Å². The van der Waals surface area contributed by atoms with E-state index >= 15 is 0 Å². The van der Waals surface area contributed by atoms with Gasteiger partial charge in [-0.3, -0.25) is 4.98 Å². The Balaban J connectivity index is 1.42. The van der Waals surface area contributed by atoms with Gasteiger partial charge in [-0.05, 0) is 55.7 Å². The molecule has 9 heteroatoms. The van der Waals surface area contributed by atoms with Crippen molar-refractivity contribution in [3.63, 3.8) is 0 Å². The highest BCUT2D eigenvalue weighted by molar-refractivity contribution is 5.83. The summed E-state index contributed by atoms with van der Waals surface area (Å²) in [5.74, 6) is 0.818. The van der Waals surface area contributed by atoms with Gasteiger partial charge in [-0.2, -0.15) is 14.5 Å². The molecule has 1 aromatic carbocycles. The molecule has 0 amide bonds. The Morgan fingerprint density at radius 3 is 2.72 bits per heavy atom. The van der Waals surface area contributed by atoms with E-state index < -0.39 is 6.04 Å². The highest BCUT2D eigenvalue weighted by Crippen LogP contribution is 2.53.